The first-order valence-corrected chi connectivity index (χ1v) is 21.4. The first-order valence-electron chi connectivity index (χ1n) is 16.7. The molecular formula is C34H68N2O12Si2. The summed E-state index contributed by atoms with van der Waals surface area (Å²) in [6.45, 7) is 26.7. The summed E-state index contributed by atoms with van der Waals surface area (Å²) in [5.41, 5.74) is 4.93. The second-order valence-corrected chi connectivity index (χ2v) is 18.0. The minimum absolute atomic E-state index is 0. The third kappa shape index (κ3) is 35.2. The van der Waals surface area contributed by atoms with Crippen LogP contribution in [-0.2, 0) is 47.3 Å². The molecule has 0 atom stereocenters. The van der Waals surface area contributed by atoms with Gasteiger partial charge in [0.2, 0.25) is 0 Å². The topological polar surface area (TPSA) is 150 Å². The maximum absolute atomic E-state index is 11.5. The third-order valence-corrected chi connectivity index (χ3v) is 10.4. The lowest BCUT2D eigenvalue weighted by Gasteiger charge is -2.38. The average Bonchev–Trinajstić information content (AvgIpc) is 3.04. The summed E-state index contributed by atoms with van der Waals surface area (Å²) >= 11 is 0. The highest BCUT2D eigenvalue weighted by Gasteiger charge is 2.32. The highest BCUT2D eigenvalue weighted by molar-refractivity contribution is 6.71. The fourth-order valence-electron chi connectivity index (χ4n) is 3.33. The molecule has 2 amide bonds. The van der Waals surface area contributed by atoms with Gasteiger partial charge in [0.15, 0.2) is 29.6 Å². The Morgan fingerprint density at radius 3 is 1.66 bits per heavy atom. The molecule has 0 aromatic carbocycles. The van der Waals surface area contributed by atoms with Gasteiger partial charge in [-0.2, -0.15) is 9.78 Å². The SMILES string of the molecule is C.C=C=C(C)OOCCNC(=O)OCCOCCC[SiH2]OC.C=C=C(C)OOCCNC(=O)OCCOCCC[Si](C)(C)OC(C)(C)C(C)C. The first-order chi connectivity index (χ1) is 23.2. The average molecular weight is 753 g/mol. The number of rotatable bonds is 28. The largest absolute Gasteiger partial charge is 0.447 e. The molecule has 0 radical (unpaired) electrons. The molecule has 0 aromatic heterocycles. The van der Waals surface area contributed by atoms with Crippen LogP contribution in [0.2, 0.25) is 25.2 Å². The monoisotopic (exact) mass is 752 g/mol. The number of alkyl carbamates (subject to hydrolysis) is 2. The van der Waals surface area contributed by atoms with E-state index in [4.69, 9.17) is 47.3 Å². The molecular weight excluding hydrogens is 685 g/mol. The molecule has 2 N–H and O–H groups in total. The quantitative estimate of drug-likeness (QED) is 0.0243. The Bertz CT molecular complexity index is 970. The van der Waals surface area contributed by atoms with Crippen molar-refractivity contribution in [2.75, 3.05) is 73.1 Å². The summed E-state index contributed by atoms with van der Waals surface area (Å²) in [5.74, 6) is 1.34. The summed E-state index contributed by atoms with van der Waals surface area (Å²) in [4.78, 5) is 41.9. The maximum atomic E-state index is 11.5. The third-order valence-electron chi connectivity index (χ3n) is 6.58. The van der Waals surface area contributed by atoms with Gasteiger partial charge in [0.05, 0.1) is 18.8 Å². The van der Waals surface area contributed by atoms with E-state index in [0.29, 0.717) is 43.9 Å². The Morgan fingerprint density at radius 2 is 1.24 bits per heavy atom. The summed E-state index contributed by atoms with van der Waals surface area (Å²) in [7, 11) is -0.354. The molecule has 0 spiro atoms. The van der Waals surface area contributed by atoms with Crippen molar-refractivity contribution in [1.29, 1.82) is 0 Å². The Labute approximate surface area is 305 Å². The van der Waals surface area contributed by atoms with Crippen LogP contribution in [0.4, 0.5) is 9.59 Å². The molecule has 0 saturated carbocycles. The predicted octanol–water partition coefficient (Wildman–Crippen LogP) is 5.95. The van der Waals surface area contributed by atoms with Crippen LogP contribution >= 0.6 is 0 Å². The van der Waals surface area contributed by atoms with E-state index in [9.17, 15) is 9.59 Å². The van der Waals surface area contributed by atoms with Crippen molar-refractivity contribution < 1.29 is 56.9 Å². The van der Waals surface area contributed by atoms with Crippen LogP contribution in [0, 0.1) is 5.92 Å². The molecule has 0 rings (SSSR count). The zero-order chi connectivity index (χ0) is 37.4. The molecule has 0 aromatic rings. The van der Waals surface area contributed by atoms with E-state index in [1.54, 1.807) is 21.0 Å². The summed E-state index contributed by atoms with van der Waals surface area (Å²) in [6.07, 6.45) is 0.906. The van der Waals surface area contributed by atoms with E-state index in [2.05, 4.69) is 76.0 Å². The van der Waals surface area contributed by atoms with Crippen molar-refractivity contribution in [3.8, 4) is 0 Å². The Morgan fingerprint density at radius 1 is 0.780 bits per heavy atom. The number of carbonyl (C=O) groups excluding carboxylic acids is 2. The van der Waals surface area contributed by atoms with E-state index < -0.39 is 20.5 Å². The van der Waals surface area contributed by atoms with Gasteiger partial charge in [-0.05, 0) is 57.8 Å². The molecule has 0 unspecified atom stereocenters. The van der Waals surface area contributed by atoms with Crippen LogP contribution in [0.1, 0.15) is 61.8 Å². The molecule has 14 nitrogen and oxygen atoms in total. The molecule has 50 heavy (non-hydrogen) atoms. The number of amides is 2. The second kappa shape index (κ2) is 33.5. The predicted molar refractivity (Wildman–Crippen MR) is 200 cm³/mol. The fourth-order valence-corrected chi connectivity index (χ4v) is 6.79. The number of nitrogens with one attached hydrogen (secondary N) is 2. The summed E-state index contributed by atoms with van der Waals surface area (Å²) in [6, 6.07) is 2.13. The van der Waals surface area contributed by atoms with E-state index in [-0.39, 0.29) is 62.3 Å². The highest BCUT2D eigenvalue weighted by Crippen LogP contribution is 2.27. The van der Waals surface area contributed by atoms with Crippen molar-refractivity contribution in [2.45, 2.75) is 92.6 Å². The minimum atomic E-state index is -1.73. The Kier molecular flexibility index (Phi) is 34.7. The highest BCUT2D eigenvalue weighted by atomic mass is 28.4. The van der Waals surface area contributed by atoms with Crippen LogP contribution in [0.25, 0.3) is 0 Å². The van der Waals surface area contributed by atoms with Gasteiger partial charge >= 0.3 is 12.2 Å². The lowest BCUT2D eigenvalue weighted by Crippen LogP contribution is -2.43. The lowest BCUT2D eigenvalue weighted by atomic mass is 9.95. The maximum Gasteiger partial charge on any atom is 0.407 e. The van der Waals surface area contributed by atoms with Crippen LogP contribution in [0.3, 0.4) is 0 Å². The van der Waals surface area contributed by atoms with Crippen LogP contribution in [0.5, 0.6) is 0 Å². The van der Waals surface area contributed by atoms with Crippen molar-refractivity contribution in [1.82, 2.24) is 10.6 Å². The van der Waals surface area contributed by atoms with Gasteiger partial charge in [-0.15, -0.1) is 0 Å². The van der Waals surface area contributed by atoms with E-state index >= 15 is 0 Å². The zero-order valence-corrected chi connectivity index (χ0v) is 33.9. The number of ether oxygens (including phenoxy) is 4. The normalized spacial score (nSPS) is 11.0. The van der Waals surface area contributed by atoms with E-state index in [1.165, 1.54) is 0 Å². The first kappa shape index (κ1) is 51.7. The van der Waals surface area contributed by atoms with Gasteiger partial charge < -0.3 is 48.2 Å². The van der Waals surface area contributed by atoms with Gasteiger partial charge in [0, 0.05) is 47.3 Å². The van der Waals surface area contributed by atoms with Crippen molar-refractivity contribution >= 4 is 30.3 Å². The molecule has 0 aliphatic carbocycles. The van der Waals surface area contributed by atoms with E-state index in [0.717, 1.165) is 24.9 Å². The van der Waals surface area contributed by atoms with Gasteiger partial charge in [0.1, 0.15) is 26.4 Å². The fraction of sp³-hybridized carbons (Fsp3) is 0.765. The molecule has 294 valence electrons. The van der Waals surface area contributed by atoms with Crippen molar-refractivity contribution in [2.24, 2.45) is 5.92 Å². The molecule has 0 aliphatic heterocycles. The molecule has 0 fully saturated rings. The minimum Gasteiger partial charge on any atom is -0.447 e. The van der Waals surface area contributed by atoms with Gasteiger partial charge in [-0.1, -0.05) is 45.9 Å². The van der Waals surface area contributed by atoms with Crippen LogP contribution < -0.4 is 10.6 Å². The van der Waals surface area contributed by atoms with Gasteiger partial charge in [-0.3, -0.25) is 0 Å². The standard InChI is InChI=1S/C20H39NO6Si.C13H25NO6Si.CH4/c1-9-18(4)26-25-13-11-21-19(22)24-15-14-23-12-10-16-28(7,8)27-20(5,6)17(2)3;1-4-12(2)20-19-8-6-14-13(15)18-10-9-17-7-5-11-21-16-3;/h17H,1,10-16H2,2-8H3,(H,21,22);1,5-11,21H2,2-3H3,(H,14,15);1H4. The summed E-state index contributed by atoms with van der Waals surface area (Å²) in [5, 5.41) is 5.06. The Hall–Kier alpha value is -2.63. The summed E-state index contributed by atoms with van der Waals surface area (Å²) < 4.78 is 32.2. The Balaban J connectivity index is -0.000000901. The molecule has 0 heterocycles. The van der Waals surface area contributed by atoms with Crippen molar-refractivity contribution in [3.63, 3.8) is 0 Å². The number of carbonyl (C=O) groups is 2. The molecule has 0 saturated heterocycles. The van der Waals surface area contributed by atoms with Gasteiger partial charge in [0.25, 0.3) is 0 Å². The van der Waals surface area contributed by atoms with E-state index in [1.807, 2.05) is 0 Å². The number of allylic oxidation sites excluding steroid dienone is 2. The lowest BCUT2D eigenvalue weighted by molar-refractivity contribution is -0.259. The van der Waals surface area contributed by atoms with Crippen LogP contribution in [-0.4, -0.2) is 109 Å². The molecule has 16 heteroatoms. The smallest absolute Gasteiger partial charge is 0.407 e. The van der Waals surface area contributed by atoms with Crippen LogP contribution in [0.15, 0.2) is 36.1 Å². The van der Waals surface area contributed by atoms with Gasteiger partial charge in [-0.25, -0.2) is 9.59 Å². The number of hydrogen-bond acceptors (Lipinski definition) is 12. The second-order valence-electron chi connectivity index (χ2n) is 12.1. The zero-order valence-electron chi connectivity index (χ0n) is 31.5. The number of hydrogen-bond donors (Lipinski definition) is 2. The molecule has 0 aliphatic rings. The molecule has 0 bridgehead atoms. The van der Waals surface area contributed by atoms with Crippen molar-refractivity contribution in [3.05, 3.63) is 36.1 Å².